The smallest absolute Gasteiger partial charge is 0.0167 e. The van der Waals surface area contributed by atoms with E-state index in [-0.39, 0.29) is 0 Å². The van der Waals surface area contributed by atoms with Crippen LogP contribution in [0.3, 0.4) is 0 Å². The number of hydrogen-bond donors (Lipinski definition) is 2. The average molecular weight is 373 g/mol. The Morgan fingerprint density at radius 3 is 2.37 bits per heavy atom. The van der Waals surface area contributed by atoms with Gasteiger partial charge in [0.05, 0.1) is 0 Å². The molecule has 0 radical (unpaired) electrons. The SMILES string of the molecule is C=C(C)[C@H]1CC=C(CNC2CCC(CC3CCC(N)CC3C)C(C)C2)CC1. The maximum atomic E-state index is 6.17. The monoisotopic (exact) mass is 372 g/mol. The van der Waals surface area contributed by atoms with E-state index in [1.54, 1.807) is 5.57 Å². The van der Waals surface area contributed by atoms with Crippen LogP contribution in [0.25, 0.3) is 0 Å². The van der Waals surface area contributed by atoms with E-state index in [9.17, 15) is 0 Å². The summed E-state index contributed by atoms with van der Waals surface area (Å²) < 4.78 is 0. The van der Waals surface area contributed by atoms with Crippen molar-refractivity contribution in [3.63, 3.8) is 0 Å². The van der Waals surface area contributed by atoms with Gasteiger partial charge >= 0.3 is 0 Å². The van der Waals surface area contributed by atoms with E-state index < -0.39 is 0 Å². The van der Waals surface area contributed by atoms with Gasteiger partial charge in [0.2, 0.25) is 0 Å². The lowest BCUT2D eigenvalue weighted by Crippen LogP contribution is -2.39. The van der Waals surface area contributed by atoms with Gasteiger partial charge in [0.25, 0.3) is 0 Å². The summed E-state index contributed by atoms with van der Waals surface area (Å²) in [7, 11) is 0. The molecule has 3 aliphatic rings. The van der Waals surface area contributed by atoms with Gasteiger partial charge in [0.1, 0.15) is 0 Å². The van der Waals surface area contributed by atoms with E-state index >= 15 is 0 Å². The molecule has 0 aliphatic heterocycles. The predicted octanol–water partition coefficient (Wildman–Crippen LogP) is 5.84. The Morgan fingerprint density at radius 1 is 1.07 bits per heavy atom. The van der Waals surface area contributed by atoms with Crippen LogP contribution in [0, 0.1) is 29.6 Å². The minimum Gasteiger partial charge on any atom is -0.328 e. The van der Waals surface area contributed by atoms with Crippen LogP contribution in [-0.4, -0.2) is 18.6 Å². The molecular formula is C25H44N2. The van der Waals surface area contributed by atoms with E-state index in [0.29, 0.717) is 6.04 Å². The maximum Gasteiger partial charge on any atom is 0.0167 e. The Balaban J connectivity index is 1.39. The highest BCUT2D eigenvalue weighted by molar-refractivity contribution is 5.13. The fourth-order valence-corrected chi connectivity index (χ4v) is 6.01. The van der Waals surface area contributed by atoms with Gasteiger partial charge in [-0.2, -0.15) is 0 Å². The molecule has 27 heavy (non-hydrogen) atoms. The number of nitrogens with two attached hydrogens (primary N) is 1. The van der Waals surface area contributed by atoms with Crippen molar-refractivity contribution >= 4 is 0 Å². The van der Waals surface area contributed by atoms with E-state index in [1.165, 1.54) is 69.8 Å². The zero-order valence-electron chi connectivity index (χ0n) is 18.2. The molecule has 0 aromatic carbocycles. The van der Waals surface area contributed by atoms with Gasteiger partial charge in [-0.05, 0) is 101 Å². The van der Waals surface area contributed by atoms with E-state index in [0.717, 1.165) is 42.2 Å². The lowest BCUT2D eigenvalue weighted by atomic mass is 9.68. The van der Waals surface area contributed by atoms with Gasteiger partial charge in [-0.1, -0.05) is 37.6 Å². The Kier molecular flexibility index (Phi) is 7.62. The highest BCUT2D eigenvalue weighted by atomic mass is 14.9. The minimum atomic E-state index is 0.466. The lowest BCUT2D eigenvalue weighted by molar-refractivity contribution is 0.133. The third-order valence-electron chi connectivity index (χ3n) is 8.16. The molecule has 0 amide bonds. The molecule has 2 nitrogen and oxygen atoms in total. The number of allylic oxidation sites excluding steroid dienone is 2. The largest absolute Gasteiger partial charge is 0.328 e. The van der Waals surface area contributed by atoms with Gasteiger partial charge in [0, 0.05) is 18.6 Å². The summed E-state index contributed by atoms with van der Waals surface area (Å²) in [6, 6.07) is 1.20. The van der Waals surface area contributed by atoms with Crippen molar-refractivity contribution in [2.24, 2.45) is 35.3 Å². The molecule has 3 rings (SSSR count). The quantitative estimate of drug-likeness (QED) is 0.575. The van der Waals surface area contributed by atoms with E-state index in [1.807, 2.05) is 0 Å². The molecule has 6 unspecified atom stereocenters. The highest BCUT2D eigenvalue weighted by Gasteiger charge is 2.33. The van der Waals surface area contributed by atoms with Crippen molar-refractivity contribution in [2.75, 3.05) is 6.54 Å². The normalized spacial score (nSPS) is 40.4. The molecule has 0 bridgehead atoms. The Morgan fingerprint density at radius 2 is 1.78 bits per heavy atom. The predicted molar refractivity (Wildman–Crippen MR) is 118 cm³/mol. The molecule has 0 aromatic rings. The minimum absolute atomic E-state index is 0.466. The average Bonchev–Trinajstić information content (AvgIpc) is 2.64. The van der Waals surface area contributed by atoms with Gasteiger partial charge in [-0.3, -0.25) is 0 Å². The second-order valence-corrected chi connectivity index (χ2v) is 10.4. The number of hydrogen-bond acceptors (Lipinski definition) is 2. The molecule has 2 saturated carbocycles. The first-order chi connectivity index (χ1) is 12.9. The standard InChI is InChI=1S/C25H44N2/c1-17(2)21-7-5-20(6-8-21)16-27-25-12-10-23(19(4)14-25)15-22-9-11-24(26)13-18(22)3/h5,18-19,21-25,27H,1,6-16,26H2,2-4H3/t18?,19?,21-,22?,23?,24?,25?/m0/s1. The van der Waals surface area contributed by atoms with Crippen LogP contribution in [-0.2, 0) is 0 Å². The van der Waals surface area contributed by atoms with Crippen LogP contribution in [0.1, 0.15) is 85.0 Å². The van der Waals surface area contributed by atoms with Crippen LogP contribution in [0.2, 0.25) is 0 Å². The van der Waals surface area contributed by atoms with Crippen molar-refractivity contribution in [2.45, 2.75) is 97.1 Å². The summed E-state index contributed by atoms with van der Waals surface area (Å²) >= 11 is 0. The van der Waals surface area contributed by atoms with E-state index in [2.05, 4.69) is 38.7 Å². The topological polar surface area (TPSA) is 38.0 Å². The third-order valence-corrected chi connectivity index (χ3v) is 8.16. The van der Waals surface area contributed by atoms with Crippen LogP contribution in [0.5, 0.6) is 0 Å². The summed E-state index contributed by atoms with van der Waals surface area (Å²) in [4.78, 5) is 0. The van der Waals surface area contributed by atoms with Crippen molar-refractivity contribution in [1.82, 2.24) is 5.32 Å². The zero-order chi connectivity index (χ0) is 19.4. The third kappa shape index (κ3) is 5.94. The molecule has 0 heterocycles. The first kappa shape index (κ1) is 21.1. The van der Waals surface area contributed by atoms with Crippen LogP contribution in [0.4, 0.5) is 0 Å². The first-order valence-electron chi connectivity index (χ1n) is 11.7. The summed E-state index contributed by atoms with van der Waals surface area (Å²) in [5.74, 6) is 4.29. The van der Waals surface area contributed by atoms with Gasteiger partial charge in [-0.15, -0.1) is 0 Å². The summed E-state index contributed by atoms with van der Waals surface area (Å²) in [5.41, 5.74) is 9.16. The van der Waals surface area contributed by atoms with Crippen molar-refractivity contribution in [3.05, 3.63) is 23.8 Å². The van der Waals surface area contributed by atoms with Gasteiger partial charge in [-0.25, -0.2) is 0 Å². The molecule has 7 atom stereocenters. The van der Waals surface area contributed by atoms with Crippen molar-refractivity contribution < 1.29 is 0 Å². The Labute approximate surface area is 168 Å². The van der Waals surface area contributed by atoms with Gasteiger partial charge < -0.3 is 11.1 Å². The Bertz CT molecular complexity index is 522. The van der Waals surface area contributed by atoms with Crippen LogP contribution < -0.4 is 11.1 Å². The van der Waals surface area contributed by atoms with Crippen molar-refractivity contribution in [3.8, 4) is 0 Å². The van der Waals surface area contributed by atoms with Crippen LogP contribution >= 0.6 is 0 Å². The molecule has 154 valence electrons. The second-order valence-electron chi connectivity index (χ2n) is 10.4. The molecule has 2 heteroatoms. The first-order valence-corrected chi connectivity index (χ1v) is 11.7. The van der Waals surface area contributed by atoms with Crippen LogP contribution in [0.15, 0.2) is 23.8 Å². The second kappa shape index (κ2) is 9.74. The highest BCUT2D eigenvalue weighted by Crippen LogP contribution is 2.40. The Hall–Kier alpha value is -0.600. The molecular weight excluding hydrogens is 328 g/mol. The maximum absolute atomic E-state index is 6.17. The molecule has 0 saturated heterocycles. The molecule has 2 fully saturated rings. The van der Waals surface area contributed by atoms with Crippen molar-refractivity contribution in [1.29, 1.82) is 0 Å². The molecule has 0 aromatic heterocycles. The summed E-state index contributed by atoms with van der Waals surface area (Å²) in [6.07, 6.45) is 15.7. The van der Waals surface area contributed by atoms with E-state index in [4.69, 9.17) is 5.73 Å². The molecule has 3 N–H and O–H groups in total. The number of nitrogens with one attached hydrogen (secondary N) is 1. The number of rotatable bonds is 6. The molecule has 0 spiro atoms. The summed E-state index contributed by atoms with van der Waals surface area (Å²) in [6.45, 7) is 12.4. The fourth-order valence-electron chi connectivity index (χ4n) is 6.01. The summed E-state index contributed by atoms with van der Waals surface area (Å²) in [5, 5.41) is 3.90. The molecule has 3 aliphatic carbocycles. The lowest BCUT2D eigenvalue weighted by Gasteiger charge is -2.40. The fraction of sp³-hybridized carbons (Fsp3) is 0.840. The van der Waals surface area contributed by atoms with Gasteiger partial charge in [0.15, 0.2) is 0 Å². The zero-order valence-corrected chi connectivity index (χ0v) is 18.2.